The van der Waals surface area contributed by atoms with Gasteiger partial charge in [0.2, 0.25) is 0 Å². The van der Waals surface area contributed by atoms with Gasteiger partial charge in [-0.25, -0.2) is 19.6 Å². The number of H-pyrrole nitrogens is 1. The monoisotopic (exact) mass is 728 g/mol. The molecule has 2 aromatic heterocycles. The van der Waals surface area contributed by atoms with Crippen LogP contribution in [0.5, 0.6) is 11.5 Å². The Morgan fingerprint density at radius 1 is 0.882 bits per heavy atom. The minimum Gasteiger partial charge on any atom is -0.490 e. The van der Waals surface area contributed by atoms with Crippen molar-refractivity contribution in [2.24, 2.45) is 0 Å². The van der Waals surface area contributed by atoms with Crippen molar-refractivity contribution in [3.63, 3.8) is 0 Å². The first-order chi connectivity index (χ1) is 23.7. The van der Waals surface area contributed by atoms with Gasteiger partial charge in [0.1, 0.15) is 17.3 Å². The Hall–Kier alpha value is -5.62. The molecular formula is C32H34F6N6O7. The number of hydrogen-bond acceptors (Lipinski definition) is 9. The zero-order valence-electron chi connectivity index (χ0n) is 27.4. The molecule has 0 atom stereocenters. The maximum Gasteiger partial charge on any atom is 0.490 e. The molecule has 2 aromatic carbocycles. The molecule has 1 amide bonds. The van der Waals surface area contributed by atoms with Gasteiger partial charge in [-0.15, -0.1) is 0 Å². The fourth-order valence-electron chi connectivity index (χ4n) is 4.38. The lowest BCUT2D eigenvalue weighted by Gasteiger charge is -2.20. The predicted molar refractivity (Wildman–Crippen MR) is 171 cm³/mol. The molecule has 4 aromatic rings. The number of hydrogen-bond donors (Lipinski definition) is 5. The Labute approximate surface area is 286 Å². The van der Waals surface area contributed by atoms with Crippen molar-refractivity contribution < 1.29 is 60.4 Å². The Balaban J connectivity index is 0.000000424. The third kappa shape index (κ3) is 13.3. The summed E-state index contributed by atoms with van der Waals surface area (Å²) in [6, 6.07) is 15.2. The van der Waals surface area contributed by atoms with E-state index < -0.39 is 24.3 Å². The zero-order valence-corrected chi connectivity index (χ0v) is 27.4. The smallest absolute Gasteiger partial charge is 0.490 e. The Morgan fingerprint density at radius 2 is 1.51 bits per heavy atom. The number of carboxylic acids is 2. The van der Waals surface area contributed by atoms with Crippen LogP contribution < -0.4 is 20.1 Å². The molecule has 5 rings (SSSR count). The summed E-state index contributed by atoms with van der Waals surface area (Å²) in [6.45, 7) is 5.72. The third-order valence-corrected chi connectivity index (χ3v) is 6.48. The van der Waals surface area contributed by atoms with E-state index in [9.17, 15) is 31.1 Å². The SMILES string of the molecule is CC(C)(C)NC(=O)COc1cccc(-c2nc(Nc3cc[nH]n3)c3cc(OC4CCCC4)ccc3n2)c1.O=C(O)C(F)(F)F.O=C(O)C(F)(F)F. The van der Waals surface area contributed by atoms with E-state index in [4.69, 9.17) is 39.2 Å². The maximum atomic E-state index is 12.2. The van der Waals surface area contributed by atoms with Gasteiger partial charge in [0.25, 0.3) is 5.91 Å². The number of aromatic amines is 1. The highest BCUT2D eigenvalue weighted by Crippen LogP contribution is 2.32. The van der Waals surface area contributed by atoms with Gasteiger partial charge in [-0.3, -0.25) is 9.89 Å². The van der Waals surface area contributed by atoms with Gasteiger partial charge in [0, 0.05) is 28.8 Å². The average molecular weight is 729 g/mol. The molecule has 1 aliphatic rings. The highest BCUT2D eigenvalue weighted by Gasteiger charge is 2.39. The van der Waals surface area contributed by atoms with Crippen LogP contribution in [0.4, 0.5) is 38.0 Å². The lowest BCUT2D eigenvalue weighted by Crippen LogP contribution is -2.43. The normalized spacial score (nSPS) is 13.3. The largest absolute Gasteiger partial charge is 0.490 e. The van der Waals surface area contributed by atoms with Crippen LogP contribution in [-0.4, -0.2) is 78.8 Å². The van der Waals surface area contributed by atoms with Crippen LogP contribution in [0.2, 0.25) is 0 Å². The van der Waals surface area contributed by atoms with Crippen LogP contribution in [0.1, 0.15) is 46.5 Å². The quantitative estimate of drug-likeness (QED) is 0.122. The van der Waals surface area contributed by atoms with Crippen molar-refractivity contribution in [3.8, 4) is 22.9 Å². The van der Waals surface area contributed by atoms with E-state index in [2.05, 4.69) is 20.8 Å². The number of aliphatic carboxylic acids is 2. The van der Waals surface area contributed by atoms with Gasteiger partial charge >= 0.3 is 24.3 Å². The summed E-state index contributed by atoms with van der Waals surface area (Å²) >= 11 is 0. The standard InChI is InChI=1S/C28H32N6O3.2C2HF3O2/c1-28(2,3)33-25(35)17-36-20-10-6-7-18(15-20)26-30-23-12-11-21(37-19-8-4-5-9-19)16-22(23)27(32-26)31-24-13-14-29-34-24;2*3-2(4,5)1(6)7/h6-7,10-16,19H,4-5,8-9,17H2,1-3H3,(H,33,35)(H2,29,30,31,32,34);2*(H,6,7). The van der Waals surface area contributed by atoms with Gasteiger partial charge in [0.15, 0.2) is 18.2 Å². The highest BCUT2D eigenvalue weighted by atomic mass is 19.4. The first-order valence-electron chi connectivity index (χ1n) is 15.1. The summed E-state index contributed by atoms with van der Waals surface area (Å²) in [7, 11) is 0. The zero-order chi connectivity index (χ0) is 38.0. The van der Waals surface area contributed by atoms with Crippen molar-refractivity contribution in [2.45, 2.75) is 70.4 Å². The van der Waals surface area contributed by atoms with Gasteiger partial charge < -0.3 is 30.3 Å². The van der Waals surface area contributed by atoms with Crippen LogP contribution in [-0.2, 0) is 14.4 Å². The van der Waals surface area contributed by atoms with E-state index in [1.807, 2.05) is 69.3 Å². The fourth-order valence-corrected chi connectivity index (χ4v) is 4.38. The summed E-state index contributed by atoms with van der Waals surface area (Å²) in [5.74, 6) is -2.52. The van der Waals surface area contributed by atoms with Crippen LogP contribution in [0.3, 0.4) is 0 Å². The number of halogens is 6. The number of ether oxygens (including phenoxy) is 2. The molecule has 5 N–H and O–H groups in total. The number of anilines is 2. The van der Waals surface area contributed by atoms with Crippen molar-refractivity contribution >= 4 is 40.4 Å². The van der Waals surface area contributed by atoms with Crippen molar-refractivity contribution in [1.29, 1.82) is 0 Å². The number of nitrogens with one attached hydrogen (secondary N) is 3. The van der Waals surface area contributed by atoms with E-state index in [1.165, 1.54) is 12.8 Å². The molecule has 2 heterocycles. The average Bonchev–Trinajstić information content (AvgIpc) is 3.74. The number of benzene rings is 2. The van der Waals surface area contributed by atoms with Crippen LogP contribution in [0, 0.1) is 0 Å². The molecule has 13 nitrogen and oxygen atoms in total. The number of aromatic nitrogens is 4. The Morgan fingerprint density at radius 3 is 2.06 bits per heavy atom. The summed E-state index contributed by atoms with van der Waals surface area (Å²) < 4.78 is 75.4. The van der Waals surface area contributed by atoms with Crippen LogP contribution in [0.15, 0.2) is 54.7 Å². The lowest BCUT2D eigenvalue weighted by molar-refractivity contribution is -0.193. The molecule has 0 aliphatic heterocycles. The maximum absolute atomic E-state index is 12.2. The second kappa shape index (κ2) is 16.9. The van der Waals surface area contributed by atoms with E-state index >= 15 is 0 Å². The number of alkyl halides is 6. The van der Waals surface area contributed by atoms with Crippen molar-refractivity contribution in [1.82, 2.24) is 25.5 Å². The van der Waals surface area contributed by atoms with Crippen molar-refractivity contribution in [3.05, 3.63) is 54.7 Å². The molecule has 0 unspecified atom stereocenters. The number of carboxylic acid groups (broad SMARTS) is 2. The first kappa shape index (κ1) is 39.8. The molecule has 19 heteroatoms. The van der Waals surface area contributed by atoms with Gasteiger partial charge in [0.05, 0.1) is 11.6 Å². The summed E-state index contributed by atoms with van der Waals surface area (Å²) in [4.78, 5) is 39.6. The minimum absolute atomic E-state index is 0.0744. The number of nitrogens with zero attached hydrogens (tertiary/aromatic N) is 3. The summed E-state index contributed by atoms with van der Waals surface area (Å²) in [5.41, 5.74) is 1.23. The highest BCUT2D eigenvalue weighted by molar-refractivity contribution is 5.93. The topological polar surface area (TPSA) is 189 Å². The lowest BCUT2D eigenvalue weighted by atomic mass is 10.1. The predicted octanol–water partition coefficient (Wildman–Crippen LogP) is 6.65. The summed E-state index contributed by atoms with van der Waals surface area (Å²) in [6.07, 6.45) is -3.57. The molecule has 51 heavy (non-hydrogen) atoms. The molecule has 1 fully saturated rings. The number of fused-ring (bicyclic) bond motifs is 1. The molecule has 1 aliphatic carbocycles. The van der Waals surface area contributed by atoms with Crippen molar-refractivity contribution in [2.75, 3.05) is 11.9 Å². The minimum atomic E-state index is -5.08. The molecule has 1 saturated carbocycles. The number of carbonyl (C=O) groups is 3. The van der Waals surface area contributed by atoms with E-state index in [1.54, 1.807) is 6.20 Å². The molecule has 276 valence electrons. The Bertz CT molecular complexity index is 1760. The second-order valence-corrected chi connectivity index (χ2v) is 11.9. The number of carbonyl (C=O) groups excluding carboxylic acids is 1. The molecule has 0 radical (unpaired) electrons. The fraction of sp³-hybridized carbons (Fsp3) is 0.375. The first-order valence-corrected chi connectivity index (χ1v) is 15.1. The van der Waals surface area contributed by atoms with Gasteiger partial charge in [-0.05, 0) is 76.8 Å². The van der Waals surface area contributed by atoms with E-state index in [0.717, 1.165) is 35.1 Å². The Kier molecular flexibility index (Phi) is 13.2. The van der Waals surface area contributed by atoms with Gasteiger partial charge in [-0.2, -0.15) is 31.4 Å². The number of amides is 1. The molecule has 0 bridgehead atoms. The van der Waals surface area contributed by atoms with E-state index in [0.29, 0.717) is 23.2 Å². The second-order valence-electron chi connectivity index (χ2n) is 11.9. The number of rotatable bonds is 8. The summed E-state index contributed by atoms with van der Waals surface area (Å²) in [5, 5.41) is 28.3. The van der Waals surface area contributed by atoms with Crippen LogP contribution in [0.25, 0.3) is 22.3 Å². The third-order valence-electron chi connectivity index (χ3n) is 6.48. The van der Waals surface area contributed by atoms with Gasteiger partial charge in [-0.1, -0.05) is 12.1 Å². The molecule has 0 spiro atoms. The molecule has 0 saturated heterocycles. The van der Waals surface area contributed by atoms with Crippen LogP contribution >= 0.6 is 0 Å². The molecular weight excluding hydrogens is 694 g/mol. The van der Waals surface area contributed by atoms with E-state index in [-0.39, 0.29) is 24.2 Å².